The molecule has 24 heavy (non-hydrogen) atoms. The molecule has 1 aromatic carbocycles. The number of carbonyl (C=O) groups excluding carboxylic acids is 2. The maximum absolute atomic E-state index is 13.0. The lowest BCUT2D eigenvalue weighted by Crippen LogP contribution is -2.51. The zero-order chi connectivity index (χ0) is 17.2. The Balaban J connectivity index is 1.98. The summed E-state index contributed by atoms with van der Waals surface area (Å²) in [6, 6.07) is 6.97. The third-order valence-electron chi connectivity index (χ3n) is 4.90. The molecule has 6 heteroatoms. The molecule has 3 amide bonds. The molecule has 0 aromatic heterocycles. The molecule has 2 fully saturated rings. The Bertz CT molecular complexity index is 608. The number of hydrogen-bond acceptors (Lipinski definition) is 4. The number of rotatable bonds is 5. The number of amides is 3. The van der Waals surface area contributed by atoms with E-state index in [1.807, 2.05) is 31.2 Å². The van der Waals surface area contributed by atoms with Crippen LogP contribution in [0.5, 0.6) is 5.75 Å². The standard InChI is InChI=1S/C18H24N2O4/c1-2-24-15-8-6-14(7-9-15)20-17(23)19(12-13-21)16(22)18(20)10-4-3-5-11-18/h6-9,21H,2-5,10-13H2,1H3. The van der Waals surface area contributed by atoms with Crippen LogP contribution in [0.3, 0.4) is 0 Å². The lowest BCUT2D eigenvalue weighted by molar-refractivity contribution is -0.132. The fourth-order valence-corrected chi connectivity index (χ4v) is 3.82. The van der Waals surface area contributed by atoms with Gasteiger partial charge in [-0.25, -0.2) is 4.79 Å². The van der Waals surface area contributed by atoms with Gasteiger partial charge in [0.15, 0.2) is 0 Å². The first-order valence-electron chi connectivity index (χ1n) is 8.64. The lowest BCUT2D eigenvalue weighted by atomic mass is 9.80. The summed E-state index contributed by atoms with van der Waals surface area (Å²) in [6.07, 6.45) is 4.29. The van der Waals surface area contributed by atoms with E-state index in [1.54, 1.807) is 4.90 Å². The Hall–Kier alpha value is -2.08. The van der Waals surface area contributed by atoms with Crippen LogP contribution in [0.1, 0.15) is 39.0 Å². The number of imide groups is 1. The molecule has 1 aliphatic carbocycles. The van der Waals surface area contributed by atoms with E-state index in [9.17, 15) is 14.7 Å². The minimum Gasteiger partial charge on any atom is -0.494 e. The SMILES string of the molecule is CCOc1ccc(N2C(=O)N(CCO)C(=O)C23CCCCC3)cc1. The van der Waals surface area contributed by atoms with E-state index in [1.165, 1.54) is 4.90 Å². The van der Waals surface area contributed by atoms with Gasteiger partial charge in [-0.2, -0.15) is 0 Å². The molecule has 1 aromatic rings. The molecule has 0 atom stereocenters. The third kappa shape index (κ3) is 2.65. The number of aliphatic hydroxyl groups is 1. The van der Waals surface area contributed by atoms with Crippen molar-refractivity contribution in [1.29, 1.82) is 0 Å². The van der Waals surface area contributed by atoms with E-state index < -0.39 is 5.54 Å². The first kappa shape index (κ1) is 16.8. The molecule has 1 saturated carbocycles. The summed E-state index contributed by atoms with van der Waals surface area (Å²) in [5.41, 5.74) is -0.0865. The smallest absolute Gasteiger partial charge is 0.332 e. The van der Waals surface area contributed by atoms with Crippen molar-refractivity contribution >= 4 is 17.6 Å². The average molecular weight is 332 g/mol. The van der Waals surface area contributed by atoms with E-state index >= 15 is 0 Å². The molecular weight excluding hydrogens is 308 g/mol. The van der Waals surface area contributed by atoms with Gasteiger partial charge < -0.3 is 9.84 Å². The number of urea groups is 1. The molecule has 130 valence electrons. The van der Waals surface area contributed by atoms with Crippen LogP contribution in [-0.4, -0.2) is 47.2 Å². The number of aliphatic hydroxyl groups excluding tert-OH is 1. The molecule has 0 bridgehead atoms. The molecule has 3 rings (SSSR count). The molecule has 1 heterocycles. The van der Waals surface area contributed by atoms with Gasteiger partial charge in [0.25, 0.3) is 5.91 Å². The van der Waals surface area contributed by atoms with Gasteiger partial charge in [-0.3, -0.25) is 14.6 Å². The van der Waals surface area contributed by atoms with Crippen LogP contribution >= 0.6 is 0 Å². The first-order chi connectivity index (χ1) is 11.6. The minimum atomic E-state index is -0.794. The van der Waals surface area contributed by atoms with E-state index in [2.05, 4.69) is 0 Å². The summed E-state index contributed by atoms with van der Waals surface area (Å²) in [5, 5.41) is 9.22. The summed E-state index contributed by atoms with van der Waals surface area (Å²) >= 11 is 0. The molecule has 1 saturated heterocycles. The molecule has 0 unspecified atom stereocenters. The van der Waals surface area contributed by atoms with Crippen molar-refractivity contribution in [2.45, 2.75) is 44.6 Å². The highest BCUT2D eigenvalue weighted by atomic mass is 16.5. The van der Waals surface area contributed by atoms with Gasteiger partial charge in [-0.05, 0) is 44.0 Å². The van der Waals surface area contributed by atoms with E-state index in [0.29, 0.717) is 25.1 Å². The zero-order valence-corrected chi connectivity index (χ0v) is 14.0. The van der Waals surface area contributed by atoms with Crippen molar-refractivity contribution in [2.75, 3.05) is 24.7 Å². The van der Waals surface area contributed by atoms with Crippen LogP contribution in [-0.2, 0) is 4.79 Å². The van der Waals surface area contributed by atoms with Crippen molar-refractivity contribution in [2.24, 2.45) is 0 Å². The van der Waals surface area contributed by atoms with E-state index in [4.69, 9.17) is 4.74 Å². The van der Waals surface area contributed by atoms with Crippen molar-refractivity contribution in [3.8, 4) is 5.75 Å². The number of β-amino-alcohol motifs (C(OH)–C–C–N with tert-alkyl or cyclic N) is 1. The summed E-state index contributed by atoms with van der Waals surface area (Å²) in [4.78, 5) is 28.7. The van der Waals surface area contributed by atoms with Crippen LogP contribution < -0.4 is 9.64 Å². The first-order valence-corrected chi connectivity index (χ1v) is 8.64. The van der Waals surface area contributed by atoms with Crippen molar-refractivity contribution in [3.05, 3.63) is 24.3 Å². The molecular formula is C18H24N2O4. The topological polar surface area (TPSA) is 70.1 Å². The summed E-state index contributed by atoms with van der Waals surface area (Å²) in [5.74, 6) is 0.569. The number of nitrogens with zero attached hydrogens (tertiary/aromatic N) is 2. The van der Waals surface area contributed by atoms with Gasteiger partial charge in [0.1, 0.15) is 11.3 Å². The second-order valence-corrected chi connectivity index (χ2v) is 6.32. The highest BCUT2D eigenvalue weighted by Gasteiger charge is 2.57. The van der Waals surface area contributed by atoms with Crippen LogP contribution in [0, 0.1) is 0 Å². The van der Waals surface area contributed by atoms with Gasteiger partial charge in [0, 0.05) is 5.69 Å². The van der Waals surface area contributed by atoms with Crippen LogP contribution in [0.25, 0.3) is 0 Å². The zero-order valence-electron chi connectivity index (χ0n) is 14.0. The maximum Gasteiger partial charge on any atom is 0.332 e. The second-order valence-electron chi connectivity index (χ2n) is 6.32. The lowest BCUT2D eigenvalue weighted by Gasteiger charge is -2.38. The fraction of sp³-hybridized carbons (Fsp3) is 0.556. The maximum atomic E-state index is 13.0. The third-order valence-corrected chi connectivity index (χ3v) is 4.90. The van der Waals surface area contributed by atoms with Gasteiger partial charge in [-0.15, -0.1) is 0 Å². The number of carbonyl (C=O) groups is 2. The molecule has 2 aliphatic rings. The van der Waals surface area contributed by atoms with E-state index in [0.717, 1.165) is 25.0 Å². The van der Waals surface area contributed by atoms with Crippen LogP contribution in [0.2, 0.25) is 0 Å². The summed E-state index contributed by atoms with van der Waals surface area (Å²) in [7, 11) is 0. The normalized spacial score (nSPS) is 20.1. The monoisotopic (exact) mass is 332 g/mol. The Labute approximate surface area is 142 Å². The molecule has 1 aliphatic heterocycles. The Kier molecular flexibility index (Phi) is 4.76. The number of benzene rings is 1. The Morgan fingerprint density at radius 3 is 2.38 bits per heavy atom. The van der Waals surface area contributed by atoms with Gasteiger partial charge in [0.05, 0.1) is 19.8 Å². The fourth-order valence-electron chi connectivity index (χ4n) is 3.82. The Morgan fingerprint density at radius 2 is 1.79 bits per heavy atom. The summed E-state index contributed by atoms with van der Waals surface area (Å²) in [6.45, 7) is 2.33. The van der Waals surface area contributed by atoms with Gasteiger partial charge in [-0.1, -0.05) is 19.3 Å². The number of anilines is 1. The Morgan fingerprint density at radius 1 is 1.12 bits per heavy atom. The second kappa shape index (κ2) is 6.81. The highest BCUT2D eigenvalue weighted by molar-refractivity contribution is 6.16. The van der Waals surface area contributed by atoms with E-state index in [-0.39, 0.29) is 25.1 Å². The van der Waals surface area contributed by atoms with Crippen molar-refractivity contribution < 1.29 is 19.4 Å². The highest BCUT2D eigenvalue weighted by Crippen LogP contribution is 2.43. The molecule has 1 N–H and O–H groups in total. The summed E-state index contributed by atoms with van der Waals surface area (Å²) < 4.78 is 5.45. The minimum absolute atomic E-state index is 0.0486. The number of hydrogen-bond donors (Lipinski definition) is 1. The largest absolute Gasteiger partial charge is 0.494 e. The van der Waals surface area contributed by atoms with Crippen molar-refractivity contribution in [1.82, 2.24) is 4.90 Å². The molecule has 0 radical (unpaired) electrons. The predicted octanol–water partition coefficient (Wildman–Crippen LogP) is 2.55. The van der Waals surface area contributed by atoms with Crippen molar-refractivity contribution in [3.63, 3.8) is 0 Å². The van der Waals surface area contributed by atoms with Crippen LogP contribution in [0.4, 0.5) is 10.5 Å². The van der Waals surface area contributed by atoms with Gasteiger partial charge >= 0.3 is 6.03 Å². The van der Waals surface area contributed by atoms with Crippen LogP contribution in [0.15, 0.2) is 24.3 Å². The number of ether oxygens (including phenoxy) is 1. The average Bonchev–Trinajstić information content (AvgIpc) is 2.79. The van der Waals surface area contributed by atoms with Gasteiger partial charge in [0.2, 0.25) is 0 Å². The predicted molar refractivity (Wildman–Crippen MR) is 90.1 cm³/mol. The quantitative estimate of drug-likeness (QED) is 0.841. The molecule has 1 spiro atoms. The molecule has 6 nitrogen and oxygen atoms in total.